The summed E-state index contributed by atoms with van der Waals surface area (Å²) in [6.45, 7) is 2.05. The second kappa shape index (κ2) is 10.1. The summed E-state index contributed by atoms with van der Waals surface area (Å²) >= 11 is 0. The third-order valence-electron chi connectivity index (χ3n) is 7.66. The molecule has 2 aliphatic rings. The van der Waals surface area contributed by atoms with Gasteiger partial charge in [-0.15, -0.1) is 0 Å². The number of fused-ring (bicyclic) bond motifs is 1. The Balaban J connectivity index is 1.49. The number of amides is 1. The molecule has 2 aromatic carbocycles. The molecule has 8 nitrogen and oxygen atoms in total. The first-order valence-electron chi connectivity index (χ1n) is 13.0. The van der Waals surface area contributed by atoms with Crippen LogP contribution in [-0.4, -0.2) is 33.9 Å². The maximum atomic E-state index is 13.7. The van der Waals surface area contributed by atoms with Crippen molar-refractivity contribution in [3.63, 3.8) is 0 Å². The SMILES string of the molecule is Cc1ccc2nc(NC(=O)C3(c4ccccc4)CCCC3)nc(NC3CCCCC3N=C(N)N)c2c1. The zero-order chi connectivity index (χ0) is 25.1. The number of carbonyl (C=O) groups is 1. The standard InChI is InChI=1S/C28H35N7O/c1-18-13-14-21-20(17-18)24(31-22-11-5-6-12-23(22)32-26(29)30)34-27(33-21)35-25(36)28(15-7-8-16-28)19-9-3-2-4-10-19/h2-4,9-10,13-14,17,22-23H,5-8,11-12,15-16H2,1H3,(H4,29,30,32)(H2,31,33,34,35,36). The molecule has 36 heavy (non-hydrogen) atoms. The summed E-state index contributed by atoms with van der Waals surface area (Å²) in [5, 5.41) is 7.61. The molecule has 2 unspecified atom stereocenters. The Kier molecular flexibility index (Phi) is 6.76. The smallest absolute Gasteiger partial charge is 0.237 e. The summed E-state index contributed by atoms with van der Waals surface area (Å²) in [5.74, 6) is 1.07. The zero-order valence-corrected chi connectivity index (χ0v) is 20.8. The molecule has 2 atom stereocenters. The molecule has 6 N–H and O–H groups in total. The zero-order valence-electron chi connectivity index (χ0n) is 20.8. The van der Waals surface area contributed by atoms with Crippen molar-refractivity contribution in [1.29, 1.82) is 0 Å². The number of anilines is 2. The summed E-state index contributed by atoms with van der Waals surface area (Å²) in [4.78, 5) is 27.8. The minimum Gasteiger partial charge on any atom is -0.370 e. The van der Waals surface area contributed by atoms with Gasteiger partial charge in [0.1, 0.15) is 5.82 Å². The molecule has 0 bridgehead atoms. The third-order valence-corrected chi connectivity index (χ3v) is 7.66. The van der Waals surface area contributed by atoms with E-state index in [1.165, 1.54) is 0 Å². The van der Waals surface area contributed by atoms with Gasteiger partial charge in [-0.1, -0.05) is 67.6 Å². The van der Waals surface area contributed by atoms with Crippen LogP contribution in [0.5, 0.6) is 0 Å². The first kappa shape index (κ1) is 24.0. The van der Waals surface area contributed by atoms with Crippen molar-refractivity contribution in [3.05, 3.63) is 59.7 Å². The van der Waals surface area contributed by atoms with Crippen LogP contribution in [-0.2, 0) is 10.2 Å². The quantitative estimate of drug-likeness (QED) is 0.303. The highest BCUT2D eigenvalue weighted by atomic mass is 16.2. The van der Waals surface area contributed by atoms with E-state index in [-0.39, 0.29) is 24.0 Å². The Bertz CT molecular complexity index is 1260. The van der Waals surface area contributed by atoms with Crippen molar-refractivity contribution in [1.82, 2.24) is 9.97 Å². The first-order valence-corrected chi connectivity index (χ1v) is 13.0. The molecule has 2 saturated carbocycles. The van der Waals surface area contributed by atoms with E-state index in [9.17, 15) is 4.79 Å². The molecule has 5 rings (SSSR count). The Labute approximate surface area is 212 Å². The van der Waals surface area contributed by atoms with Crippen molar-refractivity contribution in [2.24, 2.45) is 16.5 Å². The first-order chi connectivity index (χ1) is 17.4. The lowest BCUT2D eigenvalue weighted by Gasteiger charge is -2.30. The molecule has 0 saturated heterocycles. The maximum Gasteiger partial charge on any atom is 0.237 e. The summed E-state index contributed by atoms with van der Waals surface area (Å²) in [5.41, 5.74) is 13.8. The van der Waals surface area contributed by atoms with Gasteiger partial charge in [-0.05, 0) is 50.3 Å². The summed E-state index contributed by atoms with van der Waals surface area (Å²) in [6, 6.07) is 16.2. The number of aromatic nitrogens is 2. The van der Waals surface area contributed by atoms with Crippen LogP contribution in [0.2, 0.25) is 0 Å². The van der Waals surface area contributed by atoms with Gasteiger partial charge in [0, 0.05) is 5.39 Å². The molecular formula is C28H35N7O. The Morgan fingerprint density at radius 2 is 1.75 bits per heavy atom. The van der Waals surface area contributed by atoms with Crippen LogP contribution in [0.25, 0.3) is 10.9 Å². The number of rotatable bonds is 6. The summed E-state index contributed by atoms with van der Waals surface area (Å²) < 4.78 is 0. The maximum absolute atomic E-state index is 13.7. The molecule has 0 spiro atoms. The van der Waals surface area contributed by atoms with Crippen LogP contribution in [0.1, 0.15) is 62.5 Å². The number of nitrogens with one attached hydrogen (secondary N) is 2. The normalized spacial score (nSPS) is 21.1. The predicted molar refractivity (Wildman–Crippen MR) is 145 cm³/mol. The highest BCUT2D eigenvalue weighted by molar-refractivity contribution is 6.00. The highest BCUT2D eigenvalue weighted by Gasteiger charge is 2.43. The second-order valence-corrected chi connectivity index (χ2v) is 10.2. The fraction of sp³-hybridized carbons (Fsp3) is 0.429. The number of guanidine groups is 1. The number of nitrogens with zero attached hydrogens (tertiary/aromatic N) is 3. The minimum absolute atomic E-state index is 0.0172. The largest absolute Gasteiger partial charge is 0.370 e. The number of hydrogen-bond acceptors (Lipinski definition) is 5. The minimum atomic E-state index is -0.553. The number of carbonyl (C=O) groups excluding carboxylic acids is 1. The van der Waals surface area contributed by atoms with E-state index in [1.807, 2.05) is 37.3 Å². The monoisotopic (exact) mass is 485 g/mol. The fourth-order valence-corrected chi connectivity index (χ4v) is 5.81. The highest BCUT2D eigenvalue weighted by Crippen LogP contribution is 2.42. The average molecular weight is 486 g/mol. The molecule has 0 aliphatic heterocycles. The molecule has 1 amide bonds. The Morgan fingerprint density at radius 3 is 2.50 bits per heavy atom. The fourth-order valence-electron chi connectivity index (χ4n) is 5.81. The van der Waals surface area contributed by atoms with Crippen molar-refractivity contribution in [2.45, 2.75) is 75.8 Å². The Hall–Kier alpha value is -3.68. The molecule has 3 aromatic rings. The van der Waals surface area contributed by atoms with Crippen LogP contribution in [0, 0.1) is 6.92 Å². The van der Waals surface area contributed by atoms with Gasteiger partial charge in [0.2, 0.25) is 11.9 Å². The van der Waals surface area contributed by atoms with Crippen LogP contribution in [0.4, 0.5) is 11.8 Å². The van der Waals surface area contributed by atoms with Crippen molar-refractivity contribution >= 4 is 34.5 Å². The summed E-state index contributed by atoms with van der Waals surface area (Å²) in [7, 11) is 0. The van der Waals surface area contributed by atoms with Crippen LogP contribution in [0.15, 0.2) is 53.5 Å². The topological polar surface area (TPSA) is 131 Å². The van der Waals surface area contributed by atoms with Gasteiger partial charge in [-0.2, -0.15) is 4.98 Å². The van der Waals surface area contributed by atoms with Crippen LogP contribution in [0.3, 0.4) is 0 Å². The van der Waals surface area contributed by atoms with E-state index in [4.69, 9.17) is 21.4 Å². The van der Waals surface area contributed by atoms with Gasteiger partial charge in [0.25, 0.3) is 0 Å². The van der Waals surface area contributed by atoms with Gasteiger partial charge < -0.3 is 16.8 Å². The van der Waals surface area contributed by atoms with E-state index in [2.05, 4.69) is 33.8 Å². The lowest BCUT2D eigenvalue weighted by Crippen LogP contribution is -2.39. The Morgan fingerprint density at radius 1 is 1.00 bits per heavy atom. The van der Waals surface area contributed by atoms with Crippen molar-refractivity contribution < 1.29 is 4.79 Å². The number of benzene rings is 2. The third kappa shape index (κ3) is 4.85. The van der Waals surface area contributed by atoms with E-state index < -0.39 is 5.41 Å². The molecule has 2 aliphatic carbocycles. The van der Waals surface area contributed by atoms with Gasteiger partial charge in [-0.3, -0.25) is 10.1 Å². The van der Waals surface area contributed by atoms with Gasteiger partial charge in [0.15, 0.2) is 5.96 Å². The molecular weight excluding hydrogens is 450 g/mol. The summed E-state index contributed by atoms with van der Waals surface area (Å²) in [6.07, 6.45) is 7.75. The molecule has 188 valence electrons. The van der Waals surface area contributed by atoms with E-state index in [0.29, 0.717) is 11.8 Å². The molecule has 1 heterocycles. The van der Waals surface area contributed by atoms with Crippen LogP contribution < -0.4 is 22.1 Å². The molecule has 8 heteroatoms. The van der Waals surface area contributed by atoms with Crippen molar-refractivity contribution in [2.75, 3.05) is 10.6 Å². The lowest BCUT2D eigenvalue weighted by molar-refractivity contribution is -0.121. The second-order valence-electron chi connectivity index (χ2n) is 10.2. The predicted octanol–water partition coefficient (Wildman–Crippen LogP) is 4.39. The molecule has 2 fully saturated rings. The van der Waals surface area contributed by atoms with Crippen LogP contribution >= 0.6 is 0 Å². The number of hydrogen-bond donors (Lipinski definition) is 4. The number of aliphatic imine (C=N–C) groups is 1. The van der Waals surface area contributed by atoms with Gasteiger partial charge >= 0.3 is 0 Å². The van der Waals surface area contributed by atoms with E-state index in [0.717, 1.165) is 73.4 Å². The lowest BCUT2D eigenvalue weighted by atomic mass is 9.78. The van der Waals surface area contributed by atoms with Gasteiger partial charge in [-0.25, -0.2) is 9.98 Å². The number of aryl methyl sites for hydroxylation is 1. The molecule has 0 radical (unpaired) electrons. The molecule has 1 aromatic heterocycles. The number of nitrogens with two attached hydrogens (primary N) is 2. The average Bonchev–Trinajstić information content (AvgIpc) is 3.37. The van der Waals surface area contributed by atoms with E-state index in [1.54, 1.807) is 0 Å². The van der Waals surface area contributed by atoms with E-state index >= 15 is 0 Å². The van der Waals surface area contributed by atoms with Crippen molar-refractivity contribution in [3.8, 4) is 0 Å². The van der Waals surface area contributed by atoms with Gasteiger partial charge in [0.05, 0.1) is 23.0 Å².